The molecule has 0 radical (unpaired) electrons. The van der Waals surface area contributed by atoms with Crippen molar-refractivity contribution in [3.05, 3.63) is 12.2 Å². The molecule has 0 aromatic carbocycles. The molecule has 1 heterocycles. The van der Waals surface area contributed by atoms with Crippen molar-refractivity contribution in [2.75, 3.05) is 0 Å². The van der Waals surface area contributed by atoms with E-state index in [2.05, 4.69) is 20.4 Å². The molecule has 2 heteroatoms. The van der Waals surface area contributed by atoms with E-state index in [1.165, 1.54) is 12.0 Å². The topological polar surface area (TPSA) is 32.8 Å². The first-order chi connectivity index (χ1) is 7.86. The maximum Gasteiger partial charge on any atom is 0.0950 e. The van der Waals surface area contributed by atoms with Gasteiger partial charge in [-0.25, -0.2) is 0 Å². The van der Waals surface area contributed by atoms with Crippen LogP contribution in [0.2, 0.25) is 0 Å². The third-order valence-corrected chi connectivity index (χ3v) is 5.73. The highest BCUT2D eigenvalue weighted by atomic mass is 16.6. The Bertz CT molecular complexity index is 360. The minimum atomic E-state index is -0.562. The van der Waals surface area contributed by atoms with Gasteiger partial charge in [0.1, 0.15) is 0 Å². The second-order valence-electron chi connectivity index (χ2n) is 6.85. The number of fused-ring (bicyclic) bond motifs is 3. The van der Waals surface area contributed by atoms with Crippen molar-refractivity contribution in [2.24, 2.45) is 17.8 Å². The first-order valence-corrected chi connectivity index (χ1v) is 6.94. The van der Waals surface area contributed by atoms with Crippen molar-refractivity contribution in [1.82, 2.24) is 0 Å². The monoisotopic (exact) mass is 236 g/mol. The third-order valence-electron chi connectivity index (χ3n) is 5.73. The highest BCUT2D eigenvalue weighted by molar-refractivity contribution is 5.21. The van der Waals surface area contributed by atoms with E-state index < -0.39 is 5.60 Å². The zero-order chi connectivity index (χ0) is 12.4. The van der Waals surface area contributed by atoms with Gasteiger partial charge in [-0.3, -0.25) is 0 Å². The minimum Gasteiger partial charge on any atom is -0.390 e. The molecule has 0 aromatic heterocycles. The van der Waals surface area contributed by atoms with Gasteiger partial charge in [-0.2, -0.15) is 0 Å². The largest absolute Gasteiger partial charge is 0.390 e. The SMILES string of the molecule is C=C1CC[C@@H](C)[C@]2(C)O[C@@H]2[C@@H]2[C@@H]1CC[C@@]2(C)O. The number of rotatable bonds is 0. The molecule has 0 amide bonds. The van der Waals surface area contributed by atoms with Crippen molar-refractivity contribution in [3.63, 3.8) is 0 Å². The Labute approximate surface area is 104 Å². The van der Waals surface area contributed by atoms with E-state index in [-0.39, 0.29) is 17.6 Å². The highest BCUT2D eigenvalue weighted by Crippen LogP contribution is 2.59. The Balaban J connectivity index is 1.95. The van der Waals surface area contributed by atoms with E-state index in [0.717, 1.165) is 19.3 Å². The molecule has 0 unspecified atom stereocenters. The van der Waals surface area contributed by atoms with Gasteiger partial charge in [-0.15, -0.1) is 0 Å². The van der Waals surface area contributed by atoms with Gasteiger partial charge in [0.25, 0.3) is 0 Å². The summed E-state index contributed by atoms with van der Waals surface area (Å²) < 4.78 is 6.03. The van der Waals surface area contributed by atoms with Gasteiger partial charge < -0.3 is 9.84 Å². The van der Waals surface area contributed by atoms with Gasteiger partial charge in [0.15, 0.2) is 0 Å². The average molecular weight is 236 g/mol. The van der Waals surface area contributed by atoms with E-state index in [1.54, 1.807) is 0 Å². The first-order valence-electron chi connectivity index (χ1n) is 6.94. The Kier molecular flexibility index (Phi) is 2.32. The molecule has 2 aliphatic carbocycles. The Morgan fingerprint density at radius 2 is 2.06 bits per heavy atom. The van der Waals surface area contributed by atoms with Gasteiger partial charge in [0, 0.05) is 5.92 Å². The molecular formula is C15H24O2. The second-order valence-corrected chi connectivity index (χ2v) is 6.85. The van der Waals surface area contributed by atoms with E-state index in [1.807, 2.05) is 6.92 Å². The molecule has 6 atom stereocenters. The zero-order valence-corrected chi connectivity index (χ0v) is 11.2. The van der Waals surface area contributed by atoms with Gasteiger partial charge in [0.05, 0.1) is 17.3 Å². The summed E-state index contributed by atoms with van der Waals surface area (Å²) in [7, 11) is 0. The summed E-state index contributed by atoms with van der Waals surface area (Å²) >= 11 is 0. The molecule has 2 nitrogen and oxygen atoms in total. The zero-order valence-electron chi connectivity index (χ0n) is 11.2. The molecule has 0 aromatic rings. The van der Waals surface area contributed by atoms with E-state index in [0.29, 0.717) is 11.8 Å². The summed E-state index contributed by atoms with van der Waals surface area (Å²) in [4.78, 5) is 0. The molecule has 3 fully saturated rings. The quantitative estimate of drug-likeness (QED) is 0.518. The predicted molar refractivity (Wildman–Crippen MR) is 67.7 cm³/mol. The van der Waals surface area contributed by atoms with Crippen LogP contribution >= 0.6 is 0 Å². The molecule has 1 N–H and O–H groups in total. The van der Waals surface area contributed by atoms with Gasteiger partial charge in [-0.1, -0.05) is 19.1 Å². The van der Waals surface area contributed by atoms with Gasteiger partial charge >= 0.3 is 0 Å². The van der Waals surface area contributed by atoms with Gasteiger partial charge in [0.2, 0.25) is 0 Å². The van der Waals surface area contributed by atoms with E-state index >= 15 is 0 Å². The molecular weight excluding hydrogens is 212 g/mol. The number of aliphatic hydroxyl groups is 1. The van der Waals surface area contributed by atoms with Gasteiger partial charge in [-0.05, 0) is 51.4 Å². The van der Waals surface area contributed by atoms with Crippen LogP contribution in [0.5, 0.6) is 0 Å². The third kappa shape index (κ3) is 1.53. The maximum absolute atomic E-state index is 10.6. The summed E-state index contributed by atoms with van der Waals surface area (Å²) in [5.41, 5.74) is 0.794. The Morgan fingerprint density at radius 3 is 2.76 bits per heavy atom. The summed E-state index contributed by atoms with van der Waals surface area (Å²) in [6, 6.07) is 0. The molecule has 1 aliphatic heterocycles. The first kappa shape index (κ1) is 11.7. The fraction of sp³-hybridized carbons (Fsp3) is 0.867. The van der Waals surface area contributed by atoms with Crippen LogP contribution in [0.1, 0.15) is 46.5 Å². The molecule has 0 bridgehead atoms. The molecule has 17 heavy (non-hydrogen) atoms. The molecule has 1 saturated heterocycles. The normalized spacial score (nSPS) is 58.0. The Hall–Kier alpha value is -0.340. The van der Waals surface area contributed by atoms with Crippen LogP contribution in [-0.2, 0) is 4.74 Å². The van der Waals surface area contributed by atoms with Crippen molar-refractivity contribution < 1.29 is 9.84 Å². The summed E-state index contributed by atoms with van der Waals surface area (Å²) in [5.74, 6) is 1.31. The van der Waals surface area contributed by atoms with Crippen molar-refractivity contribution in [1.29, 1.82) is 0 Å². The number of hydrogen-bond donors (Lipinski definition) is 1. The lowest BCUT2D eigenvalue weighted by atomic mass is 9.71. The van der Waals surface area contributed by atoms with Crippen molar-refractivity contribution in [2.45, 2.75) is 63.8 Å². The summed E-state index contributed by atoms with van der Waals surface area (Å²) in [6.45, 7) is 10.8. The Morgan fingerprint density at radius 1 is 1.35 bits per heavy atom. The molecule has 3 rings (SSSR count). The molecule has 0 spiro atoms. The fourth-order valence-corrected chi connectivity index (χ4v) is 4.16. The standard InChI is InChI=1S/C15H24O2/c1-9-5-6-10(2)15(4)13(17-15)12-11(9)7-8-14(12,3)16/h10-13,16H,1,5-8H2,2-4H3/t10-,11-,12+,13-,14-,15+/m1/s1. The summed E-state index contributed by atoms with van der Waals surface area (Å²) in [5, 5.41) is 10.6. The van der Waals surface area contributed by atoms with Crippen LogP contribution in [0.3, 0.4) is 0 Å². The van der Waals surface area contributed by atoms with Crippen LogP contribution < -0.4 is 0 Å². The summed E-state index contributed by atoms with van der Waals surface area (Å²) in [6.07, 6.45) is 4.50. The minimum absolute atomic E-state index is 0.0119. The fourth-order valence-electron chi connectivity index (χ4n) is 4.16. The van der Waals surface area contributed by atoms with Crippen LogP contribution in [0.25, 0.3) is 0 Å². The number of ether oxygens (including phenoxy) is 1. The lowest BCUT2D eigenvalue weighted by Crippen LogP contribution is -2.40. The molecule has 96 valence electrons. The van der Waals surface area contributed by atoms with Crippen molar-refractivity contribution >= 4 is 0 Å². The van der Waals surface area contributed by atoms with Crippen molar-refractivity contribution in [3.8, 4) is 0 Å². The van der Waals surface area contributed by atoms with Crippen LogP contribution in [0.4, 0.5) is 0 Å². The van der Waals surface area contributed by atoms with Crippen LogP contribution in [-0.4, -0.2) is 22.4 Å². The molecule has 2 saturated carbocycles. The average Bonchev–Trinajstić information content (AvgIpc) is 2.80. The number of hydrogen-bond acceptors (Lipinski definition) is 2. The number of allylic oxidation sites excluding steroid dienone is 1. The van der Waals surface area contributed by atoms with E-state index in [4.69, 9.17) is 4.74 Å². The maximum atomic E-state index is 10.6. The number of epoxide rings is 1. The van der Waals surface area contributed by atoms with Crippen LogP contribution in [0, 0.1) is 17.8 Å². The van der Waals surface area contributed by atoms with E-state index in [9.17, 15) is 5.11 Å². The highest BCUT2D eigenvalue weighted by Gasteiger charge is 2.66. The van der Waals surface area contributed by atoms with Crippen LogP contribution in [0.15, 0.2) is 12.2 Å². The lowest BCUT2D eigenvalue weighted by molar-refractivity contribution is 0.00119. The predicted octanol–water partition coefficient (Wildman–Crippen LogP) is 2.91. The smallest absolute Gasteiger partial charge is 0.0950 e. The molecule has 3 aliphatic rings. The second kappa shape index (κ2) is 3.36. The lowest BCUT2D eigenvalue weighted by Gasteiger charge is -2.33.